The van der Waals surface area contributed by atoms with E-state index in [9.17, 15) is 9.18 Å². The van der Waals surface area contributed by atoms with Gasteiger partial charge >= 0.3 is 0 Å². The summed E-state index contributed by atoms with van der Waals surface area (Å²) in [7, 11) is 1.66. The van der Waals surface area contributed by atoms with Gasteiger partial charge in [-0.15, -0.1) is 11.8 Å². The summed E-state index contributed by atoms with van der Waals surface area (Å²) in [6.07, 6.45) is 0. The summed E-state index contributed by atoms with van der Waals surface area (Å²) < 4.78 is 19.0. The number of benzene rings is 2. The highest BCUT2D eigenvalue weighted by atomic mass is 35.5. The van der Waals surface area contributed by atoms with E-state index in [1.54, 1.807) is 19.2 Å². The molecule has 0 aliphatic rings. The van der Waals surface area contributed by atoms with E-state index in [-0.39, 0.29) is 24.0 Å². The molecule has 1 amide bonds. The van der Waals surface area contributed by atoms with Crippen molar-refractivity contribution in [2.75, 3.05) is 12.8 Å². The summed E-state index contributed by atoms with van der Waals surface area (Å²) in [6, 6.07) is 14.0. The van der Waals surface area contributed by atoms with Crippen LogP contribution in [-0.4, -0.2) is 33.7 Å². The zero-order chi connectivity index (χ0) is 19.2. The van der Waals surface area contributed by atoms with Crippen LogP contribution >= 0.6 is 23.4 Å². The molecule has 0 spiro atoms. The Morgan fingerprint density at radius 2 is 2.00 bits per heavy atom. The van der Waals surface area contributed by atoms with E-state index in [4.69, 9.17) is 16.1 Å². The fourth-order valence-corrected chi connectivity index (χ4v) is 3.64. The molecule has 0 atom stereocenters. The number of carbonyl (C=O) groups is 1. The van der Waals surface area contributed by atoms with Crippen molar-refractivity contribution in [1.82, 2.24) is 15.0 Å². The maximum atomic E-state index is 13.7. The lowest BCUT2D eigenvalue weighted by Gasteiger charge is -2.14. The topological polar surface area (TPSA) is 59.2 Å². The summed E-state index contributed by atoms with van der Waals surface area (Å²) in [4.78, 5) is 18.1. The predicted molar refractivity (Wildman–Crippen MR) is 104 cm³/mol. The second kappa shape index (κ2) is 9.01. The number of carbonyl (C=O) groups excluding carboxylic acids is 1. The number of rotatable bonds is 7. The number of thioether (sulfide) groups is 1. The summed E-state index contributed by atoms with van der Waals surface area (Å²) in [5, 5.41) is 4.30. The van der Waals surface area contributed by atoms with Crippen LogP contribution in [0.25, 0.3) is 11.4 Å². The monoisotopic (exact) mass is 405 g/mol. The van der Waals surface area contributed by atoms with Crippen molar-refractivity contribution < 1.29 is 13.7 Å². The maximum absolute atomic E-state index is 13.7. The van der Waals surface area contributed by atoms with Gasteiger partial charge in [0, 0.05) is 29.0 Å². The van der Waals surface area contributed by atoms with Gasteiger partial charge in [-0.1, -0.05) is 53.2 Å². The molecule has 3 rings (SSSR count). The number of halogens is 2. The minimum absolute atomic E-state index is 0.119. The number of hydrogen-bond acceptors (Lipinski definition) is 5. The van der Waals surface area contributed by atoms with Gasteiger partial charge in [0.15, 0.2) is 0 Å². The van der Waals surface area contributed by atoms with Gasteiger partial charge in [-0.05, 0) is 12.1 Å². The fraction of sp³-hybridized carbons (Fsp3) is 0.211. The van der Waals surface area contributed by atoms with Crippen LogP contribution in [0.5, 0.6) is 0 Å². The molecule has 0 saturated carbocycles. The third-order valence-corrected chi connectivity index (χ3v) is 5.13. The number of amides is 1. The van der Waals surface area contributed by atoms with Gasteiger partial charge in [0.1, 0.15) is 5.82 Å². The van der Waals surface area contributed by atoms with Crippen LogP contribution in [-0.2, 0) is 17.1 Å². The molecule has 0 bridgehead atoms. The fourth-order valence-electron chi connectivity index (χ4n) is 2.34. The lowest BCUT2D eigenvalue weighted by molar-refractivity contribution is -0.127. The Hall–Kier alpha value is -2.38. The van der Waals surface area contributed by atoms with Crippen LogP contribution in [0, 0.1) is 5.82 Å². The Morgan fingerprint density at radius 1 is 1.22 bits per heavy atom. The Bertz CT molecular complexity index is 900. The standard InChI is InChI=1S/C19H17ClFN3O2S/c1-24(10-17-22-19(23-26-17)13-6-3-2-4-7-13)18(25)12-27-11-14-15(20)8-5-9-16(14)21/h2-9H,10-12H2,1H3. The average molecular weight is 406 g/mol. The zero-order valence-corrected chi connectivity index (χ0v) is 16.1. The lowest BCUT2D eigenvalue weighted by Crippen LogP contribution is -2.28. The molecule has 0 N–H and O–H groups in total. The van der Waals surface area contributed by atoms with Gasteiger partial charge in [0.2, 0.25) is 17.6 Å². The van der Waals surface area contributed by atoms with Gasteiger partial charge < -0.3 is 9.42 Å². The maximum Gasteiger partial charge on any atom is 0.246 e. The molecule has 1 aromatic heterocycles. The first-order valence-electron chi connectivity index (χ1n) is 8.17. The molecule has 5 nitrogen and oxygen atoms in total. The summed E-state index contributed by atoms with van der Waals surface area (Å²) in [6.45, 7) is 0.208. The molecule has 0 unspecified atom stereocenters. The Labute approximate surface area is 165 Å². The zero-order valence-electron chi connectivity index (χ0n) is 14.6. The van der Waals surface area contributed by atoms with E-state index in [1.807, 2.05) is 30.3 Å². The van der Waals surface area contributed by atoms with Gasteiger partial charge in [-0.3, -0.25) is 4.79 Å². The highest BCUT2D eigenvalue weighted by Gasteiger charge is 2.15. The molecule has 0 fully saturated rings. The van der Waals surface area contributed by atoms with Crippen molar-refractivity contribution in [2.45, 2.75) is 12.3 Å². The molecule has 0 radical (unpaired) electrons. The average Bonchev–Trinajstić information content (AvgIpc) is 3.13. The Kier molecular flexibility index (Phi) is 6.47. The first-order chi connectivity index (χ1) is 13.0. The lowest BCUT2D eigenvalue weighted by atomic mass is 10.2. The van der Waals surface area contributed by atoms with Crippen molar-refractivity contribution in [2.24, 2.45) is 0 Å². The largest absolute Gasteiger partial charge is 0.337 e. The van der Waals surface area contributed by atoms with E-state index < -0.39 is 0 Å². The summed E-state index contributed by atoms with van der Waals surface area (Å²) in [5.74, 6) is 0.869. The first kappa shape index (κ1) is 19.4. The van der Waals surface area contributed by atoms with E-state index in [0.29, 0.717) is 28.1 Å². The molecule has 0 saturated heterocycles. The van der Waals surface area contributed by atoms with Crippen molar-refractivity contribution >= 4 is 29.3 Å². The molecule has 27 heavy (non-hydrogen) atoms. The third-order valence-electron chi connectivity index (χ3n) is 3.83. The SMILES string of the molecule is CN(Cc1nc(-c2ccccc2)no1)C(=O)CSCc1c(F)cccc1Cl. The molecular weight excluding hydrogens is 389 g/mol. The molecule has 2 aromatic carbocycles. The molecule has 0 aliphatic carbocycles. The predicted octanol–water partition coefficient (Wildman–Crippen LogP) is 4.42. The molecule has 1 heterocycles. The minimum atomic E-state index is -0.366. The van der Waals surface area contributed by atoms with E-state index in [0.717, 1.165) is 5.56 Å². The minimum Gasteiger partial charge on any atom is -0.337 e. The van der Waals surface area contributed by atoms with Crippen molar-refractivity contribution in [3.63, 3.8) is 0 Å². The van der Waals surface area contributed by atoms with E-state index in [1.165, 1.54) is 22.7 Å². The van der Waals surface area contributed by atoms with Gasteiger partial charge in [0.25, 0.3) is 0 Å². The number of hydrogen-bond donors (Lipinski definition) is 0. The van der Waals surface area contributed by atoms with Crippen molar-refractivity contribution in [3.8, 4) is 11.4 Å². The second-order valence-corrected chi connectivity index (χ2v) is 7.21. The summed E-state index contributed by atoms with van der Waals surface area (Å²) in [5.41, 5.74) is 1.25. The van der Waals surface area contributed by atoms with Crippen molar-refractivity contribution in [3.05, 3.63) is 70.8 Å². The van der Waals surface area contributed by atoms with Crippen LogP contribution in [0.3, 0.4) is 0 Å². The second-order valence-electron chi connectivity index (χ2n) is 5.82. The van der Waals surface area contributed by atoms with Crippen molar-refractivity contribution in [1.29, 1.82) is 0 Å². The van der Waals surface area contributed by atoms with Gasteiger partial charge in [-0.25, -0.2) is 4.39 Å². The van der Waals surface area contributed by atoms with E-state index in [2.05, 4.69) is 10.1 Å². The van der Waals surface area contributed by atoms with E-state index >= 15 is 0 Å². The van der Waals surface area contributed by atoms with Crippen LogP contribution in [0.4, 0.5) is 4.39 Å². The highest BCUT2D eigenvalue weighted by Crippen LogP contribution is 2.24. The normalized spacial score (nSPS) is 10.8. The molecule has 140 valence electrons. The Morgan fingerprint density at radius 3 is 2.74 bits per heavy atom. The quantitative estimate of drug-likeness (QED) is 0.582. The molecular formula is C19H17ClFN3O2S. The molecule has 3 aromatic rings. The van der Waals surface area contributed by atoms with Crippen LogP contribution in [0.15, 0.2) is 53.1 Å². The summed E-state index contributed by atoms with van der Waals surface area (Å²) >= 11 is 7.29. The van der Waals surface area contributed by atoms with Gasteiger partial charge in [-0.2, -0.15) is 4.98 Å². The molecule has 0 aliphatic heterocycles. The highest BCUT2D eigenvalue weighted by molar-refractivity contribution is 7.99. The molecule has 8 heteroatoms. The van der Waals surface area contributed by atoms with Crippen LogP contribution < -0.4 is 0 Å². The number of aromatic nitrogens is 2. The van der Waals surface area contributed by atoms with Crippen LogP contribution in [0.1, 0.15) is 11.5 Å². The smallest absolute Gasteiger partial charge is 0.246 e. The first-order valence-corrected chi connectivity index (χ1v) is 9.70. The van der Waals surface area contributed by atoms with Crippen LogP contribution in [0.2, 0.25) is 5.02 Å². The number of nitrogens with zero attached hydrogens (tertiary/aromatic N) is 3. The third kappa shape index (κ3) is 5.08. The Balaban J connectivity index is 1.52. The van der Waals surface area contributed by atoms with Gasteiger partial charge in [0.05, 0.1) is 12.3 Å².